The SMILES string of the molecule is CCCNCCC(C)(C)C1CCCC(S(C)(=O)=O)C1. The lowest BCUT2D eigenvalue weighted by Crippen LogP contribution is -2.36. The van der Waals surface area contributed by atoms with Gasteiger partial charge in [-0.15, -0.1) is 0 Å². The minimum atomic E-state index is -2.86. The molecule has 0 saturated heterocycles. The molecule has 0 aromatic rings. The monoisotopic (exact) mass is 289 g/mol. The van der Waals surface area contributed by atoms with Gasteiger partial charge in [-0.05, 0) is 56.5 Å². The minimum Gasteiger partial charge on any atom is -0.317 e. The average molecular weight is 289 g/mol. The molecule has 114 valence electrons. The fourth-order valence-corrected chi connectivity index (χ4v) is 4.34. The summed E-state index contributed by atoms with van der Waals surface area (Å²) in [6.07, 6.45) is 7.67. The molecule has 0 amide bonds. The summed E-state index contributed by atoms with van der Waals surface area (Å²) in [7, 11) is -2.86. The van der Waals surface area contributed by atoms with Crippen LogP contribution in [0.3, 0.4) is 0 Å². The van der Waals surface area contributed by atoms with E-state index in [1.807, 2.05) is 0 Å². The molecule has 1 rings (SSSR count). The molecule has 2 unspecified atom stereocenters. The van der Waals surface area contributed by atoms with Gasteiger partial charge in [-0.1, -0.05) is 27.2 Å². The first-order chi connectivity index (χ1) is 8.77. The lowest BCUT2D eigenvalue weighted by atomic mass is 9.69. The molecule has 0 aromatic heterocycles. The topological polar surface area (TPSA) is 46.2 Å². The zero-order valence-corrected chi connectivity index (χ0v) is 13.9. The summed E-state index contributed by atoms with van der Waals surface area (Å²) in [5.74, 6) is 0.546. The Balaban J connectivity index is 2.52. The molecule has 19 heavy (non-hydrogen) atoms. The first-order valence-electron chi connectivity index (χ1n) is 7.67. The third kappa shape index (κ3) is 5.42. The second-order valence-electron chi connectivity index (χ2n) is 6.80. The second-order valence-corrected chi connectivity index (χ2v) is 9.13. The van der Waals surface area contributed by atoms with Crippen LogP contribution in [0.15, 0.2) is 0 Å². The Morgan fingerprint density at radius 1 is 1.21 bits per heavy atom. The van der Waals surface area contributed by atoms with Crippen molar-refractivity contribution in [2.24, 2.45) is 11.3 Å². The van der Waals surface area contributed by atoms with E-state index in [-0.39, 0.29) is 10.7 Å². The summed E-state index contributed by atoms with van der Waals surface area (Å²) in [6.45, 7) is 8.90. The van der Waals surface area contributed by atoms with E-state index in [1.165, 1.54) is 19.1 Å². The van der Waals surface area contributed by atoms with Gasteiger partial charge in [0, 0.05) is 6.26 Å². The number of rotatable bonds is 7. The van der Waals surface area contributed by atoms with E-state index >= 15 is 0 Å². The molecule has 1 aliphatic carbocycles. The van der Waals surface area contributed by atoms with Gasteiger partial charge >= 0.3 is 0 Å². The van der Waals surface area contributed by atoms with Crippen molar-refractivity contribution in [1.29, 1.82) is 0 Å². The van der Waals surface area contributed by atoms with E-state index in [9.17, 15) is 8.42 Å². The Morgan fingerprint density at radius 3 is 2.47 bits per heavy atom. The summed E-state index contributed by atoms with van der Waals surface area (Å²) in [4.78, 5) is 0. The van der Waals surface area contributed by atoms with E-state index in [0.717, 1.165) is 38.8 Å². The van der Waals surface area contributed by atoms with E-state index in [4.69, 9.17) is 0 Å². The van der Waals surface area contributed by atoms with Crippen molar-refractivity contribution in [2.45, 2.75) is 64.5 Å². The van der Waals surface area contributed by atoms with Crippen LogP contribution in [0.1, 0.15) is 59.3 Å². The summed E-state index contributed by atoms with van der Waals surface area (Å²) < 4.78 is 23.5. The number of hydrogen-bond donors (Lipinski definition) is 1. The highest BCUT2D eigenvalue weighted by molar-refractivity contribution is 7.91. The van der Waals surface area contributed by atoms with Gasteiger partial charge in [0.1, 0.15) is 9.84 Å². The van der Waals surface area contributed by atoms with Crippen molar-refractivity contribution < 1.29 is 8.42 Å². The predicted octanol–water partition coefficient (Wildman–Crippen LogP) is 3.01. The highest BCUT2D eigenvalue weighted by Crippen LogP contribution is 2.41. The number of hydrogen-bond acceptors (Lipinski definition) is 3. The Morgan fingerprint density at radius 2 is 1.89 bits per heavy atom. The van der Waals surface area contributed by atoms with Crippen LogP contribution in [0.5, 0.6) is 0 Å². The fourth-order valence-electron chi connectivity index (χ4n) is 3.16. The molecule has 0 spiro atoms. The van der Waals surface area contributed by atoms with E-state index in [0.29, 0.717) is 5.92 Å². The second kappa shape index (κ2) is 7.07. The van der Waals surface area contributed by atoms with Crippen LogP contribution >= 0.6 is 0 Å². The number of sulfone groups is 1. The van der Waals surface area contributed by atoms with Crippen LogP contribution in [-0.4, -0.2) is 33.0 Å². The van der Waals surface area contributed by atoms with Crippen LogP contribution in [0.2, 0.25) is 0 Å². The van der Waals surface area contributed by atoms with Crippen molar-refractivity contribution in [3.63, 3.8) is 0 Å². The van der Waals surface area contributed by atoms with Crippen LogP contribution in [0.4, 0.5) is 0 Å². The lowest BCUT2D eigenvalue weighted by molar-refractivity contribution is 0.147. The maximum atomic E-state index is 11.7. The standard InChI is InChI=1S/C15H31NO2S/c1-5-10-16-11-9-15(2,3)13-7-6-8-14(12-13)19(4,17)18/h13-14,16H,5-12H2,1-4H3. The summed E-state index contributed by atoms with van der Waals surface area (Å²) >= 11 is 0. The smallest absolute Gasteiger partial charge is 0.150 e. The lowest BCUT2D eigenvalue weighted by Gasteiger charge is -2.39. The highest BCUT2D eigenvalue weighted by atomic mass is 32.2. The third-order valence-corrected chi connectivity index (χ3v) is 6.35. The van der Waals surface area contributed by atoms with Gasteiger partial charge in [0.2, 0.25) is 0 Å². The largest absolute Gasteiger partial charge is 0.317 e. The van der Waals surface area contributed by atoms with Crippen LogP contribution in [0.25, 0.3) is 0 Å². The number of nitrogens with one attached hydrogen (secondary N) is 1. The normalized spacial score (nSPS) is 25.5. The molecular weight excluding hydrogens is 258 g/mol. The van der Waals surface area contributed by atoms with Gasteiger partial charge in [-0.3, -0.25) is 0 Å². The molecule has 3 nitrogen and oxygen atoms in total. The van der Waals surface area contributed by atoms with Crippen molar-refractivity contribution in [1.82, 2.24) is 5.32 Å². The summed E-state index contributed by atoms with van der Waals surface area (Å²) in [6, 6.07) is 0. The fraction of sp³-hybridized carbons (Fsp3) is 1.00. The van der Waals surface area contributed by atoms with Gasteiger partial charge in [0.05, 0.1) is 5.25 Å². The van der Waals surface area contributed by atoms with E-state index in [1.54, 1.807) is 0 Å². The molecule has 1 saturated carbocycles. The Bertz CT molecular complexity index is 362. The zero-order chi connectivity index (χ0) is 14.5. The first kappa shape index (κ1) is 17.0. The van der Waals surface area contributed by atoms with Crippen molar-refractivity contribution in [3.8, 4) is 0 Å². The van der Waals surface area contributed by atoms with Crippen LogP contribution in [0, 0.1) is 11.3 Å². The molecule has 4 heteroatoms. The molecular formula is C15H31NO2S. The van der Waals surface area contributed by atoms with Gasteiger partial charge in [0.15, 0.2) is 0 Å². The Kier molecular flexibility index (Phi) is 6.31. The molecule has 1 fully saturated rings. The molecule has 0 aromatic carbocycles. The molecule has 2 atom stereocenters. The molecule has 0 bridgehead atoms. The summed E-state index contributed by atoms with van der Waals surface area (Å²) in [5.41, 5.74) is 0.240. The van der Waals surface area contributed by atoms with Crippen molar-refractivity contribution >= 4 is 9.84 Å². The molecule has 1 aliphatic rings. The van der Waals surface area contributed by atoms with Crippen molar-refractivity contribution in [3.05, 3.63) is 0 Å². The Labute approximate surface area is 119 Å². The summed E-state index contributed by atoms with van der Waals surface area (Å²) in [5, 5.41) is 3.35. The third-order valence-electron chi connectivity index (χ3n) is 4.71. The van der Waals surface area contributed by atoms with Gasteiger partial charge in [-0.2, -0.15) is 0 Å². The van der Waals surface area contributed by atoms with Crippen molar-refractivity contribution in [2.75, 3.05) is 19.3 Å². The van der Waals surface area contributed by atoms with Gasteiger partial charge in [-0.25, -0.2) is 8.42 Å². The maximum Gasteiger partial charge on any atom is 0.150 e. The Hall–Kier alpha value is -0.0900. The van der Waals surface area contributed by atoms with Crippen LogP contribution < -0.4 is 5.32 Å². The highest BCUT2D eigenvalue weighted by Gasteiger charge is 2.36. The quantitative estimate of drug-likeness (QED) is 0.733. The van der Waals surface area contributed by atoms with E-state index in [2.05, 4.69) is 26.1 Å². The maximum absolute atomic E-state index is 11.7. The first-order valence-corrected chi connectivity index (χ1v) is 9.62. The average Bonchev–Trinajstić information content (AvgIpc) is 2.34. The molecule has 0 heterocycles. The van der Waals surface area contributed by atoms with Crippen LogP contribution in [-0.2, 0) is 9.84 Å². The minimum absolute atomic E-state index is 0.103. The van der Waals surface area contributed by atoms with E-state index < -0.39 is 9.84 Å². The van der Waals surface area contributed by atoms with Gasteiger partial charge < -0.3 is 5.32 Å². The predicted molar refractivity (Wildman–Crippen MR) is 82.1 cm³/mol. The molecule has 0 aliphatic heterocycles. The molecule has 1 N–H and O–H groups in total. The van der Waals surface area contributed by atoms with Gasteiger partial charge in [0.25, 0.3) is 0 Å². The zero-order valence-electron chi connectivity index (χ0n) is 13.0. The molecule has 0 radical (unpaired) electrons.